The van der Waals surface area contributed by atoms with Gasteiger partial charge < -0.3 is 29.3 Å². The van der Waals surface area contributed by atoms with Crippen LogP contribution in [0.5, 0.6) is 0 Å². The van der Waals surface area contributed by atoms with E-state index in [1.165, 1.54) is 10.9 Å². The number of amides is 2. The third kappa shape index (κ3) is 8.03. The Morgan fingerprint density at radius 1 is 1.23 bits per heavy atom. The standard InChI is InChI=1S/C26H37N7O6/c1-18-7-11-32(21(34)6-9-27)16-20(18)31(5)22-19-8-12-33(23(19)30-17-29-22)25(36)38-15-14-37-13-10-28-24(35)39-26(2,3)4/h8,12,17-18,20H,6-7,10-11,13-16H2,1-5H3,(H,28,35)/t18-,20+/m1/s1. The predicted octanol–water partition coefficient (Wildman–Crippen LogP) is 2.54. The summed E-state index contributed by atoms with van der Waals surface area (Å²) in [6.07, 6.45) is 2.52. The molecular weight excluding hydrogens is 506 g/mol. The maximum Gasteiger partial charge on any atom is 0.419 e. The van der Waals surface area contributed by atoms with E-state index < -0.39 is 17.8 Å². The van der Waals surface area contributed by atoms with Crippen LogP contribution >= 0.6 is 0 Å². The summed E-state index contributed by atoms with van der Waals surface area (Å²) >= 11 is 0. The van der Waals surface area contributed by atoms with Crippen LogP contribution < -0.4 is 10.2 Å². The summed E-state index contributed by atoms with van der Waals surface area (Å²) in [4.78, 5) is 49.1. The molecule has 13 heteroatoms. The molecule has 0 aliphatic carbocycles. The van der Waals surface area contributed by atoms with Crippen molar-refractivity contribution in [3.8, 4) is 6.07 Å². The third-order valence-corrected chi connectivity index (χ3v) is 6.36. The molecule has 0 bridgehead atoms. The Balaban J connectivity index is 1.54. The number of alkyl carbamates (subject to hydrolysis) is 1. The zero-order chi connectivity index (χ0) is 28.6. The second kappa shape index (κ2) is 13.2. The van der Waals surface area contributed by atoms with Crippen LogP contribution in [0.4, 0.5) is 15.4 Å². The van der Waals surface area contributed by atoms with Gasteiger partial charge in [0.15, 0.2) is 5.65 Å². The first kappa shape index (κ1) is 29.6. The van der Waals surface area contributed by atoms with Crippen molar-refractivity contribution in [2.45, 2.75) is 52.2 Å². The molecule has 2 amide bonds. The van der Waals surface area contributed by atoms with E-state index in [2.05, 4.69) is 22.2 Å². The van der Waals surface area contributed by atoms with Crippen molar-refractivity contribution in [1.82, 2.24) is 24.8 Å². The summed E-state index contributed by atoms with van der Waals surface area (Å²) in [5.74, 6) is 0.754. The summed E-state index contributed by atoms with van der Waals surface area (Å²) in [6.45, 7) is 9.27. The maximum atomic E-state index is 12.7. The molecule has 13 nitrogen and oxygen atoms in total. The number of rotatable bonds is 9. The van der Waals surface area contributed by atoms with Crippen LogP contribution in [0.1, 0.15) is 40.5 Å². The molecule has 212 valence electrons. The highest BCUT2D eigenvalue weighted by Crippen LogP contribution is 2.29. The van der Waals surface area contributed by atoms with Gasteiger partial charge in [0.1, 0.15) is 30.8 Å². The molecule has 1 saturated heterocycles. The lowest BCUT2D eigenvalue weighted by atomic mass is 9.92. The van der Waals surface area contributed by atoms with Gasteiger partial charge in [-0.1, -0.05) is 6.92 Å². The van der Waals surface area contributed by atoms with Crippen molar-refractivity contribution < 1.29 is 28.6 Å². The highest BCUT2D eigenvalue weighted by molar-refractivity contribution is 5.93. The third-order valence-electron chi connectivity index (χ3n) is 6.36. The van der Waals surface area contributed by atoms with Crippen molar-refractivity contribution in [2.75, 3.05) is 51.4 Å². The molecule has 3 heterocycles. The van der Waals surface area contributed by atoms with Crippen LogP contribution in [0, 0.1) is 17.2 Å². The Labute approximate surface area is 228 Å². The Morgan fingerprint density at radius 2 is 2.00 bits per heavy atom. The number of nitriles is 1. The number of hydrogen-bond donors (Lipinski definition) is 1. The number of piperidine rings is 1. The molecule has 0 radical (unpaired) electrons. The molecule has 0 unspecified atom stereocenters. The van der Waals surface area contributed by atoms with Gasteiger partial charge in [0.05, 0.1) is 30.7 Å². The molecule has 2 atom stereocenters. The number of ether oxygens (including phenoxy) is 3. The summed E-state index contributed by atoms with van der Waals surface area (Å²) in [5.41, 5.74) is -0.169. The van der Waals surface area contributed by atoms with Crippen LogP contribution in [0.25, 0.3) is 11.0 Å². The van der Waals surface area contributed by atoms with Crippen LogP contribution in [0.2, 0.25) is 0 Å². The van der Waals surface area contributed by atoms with Crippen LogP contribution in [0.3, 0.4) is 0 Å². The summed E-state index contributed by atoms with van der Waals surface area (Å²) < 4.78 is 17.2. The minimum atomic E-state index is -0.605. The molecule has 1 aliphatic rings. The van der Waals surface area contributed by atoms with Gasteiger partial charge in [-0.25, -0.2) is 24.1 Å². The molecule has 1 aliphatic heterocycles. The van der Waals surface area contributed by atoms with Crippen molar-refractivity contribution in [1.29, 1.82) is 5.26 Å². The number of likely N-dealkylation sites (tertiary alicyclic amines) is 1. The highest BCUT2D eigenvalue weighted by Gasteiger charge is 2.33. The minimum absolute atomic E-state index is 0.0169. The Morgan fingerprint density at radius 3 is 2.72 bits per heavy atom. The van der Waals surface area contributed by atoms with Crippen LogP contribution in [-0.4, -0.2) is 95.7 Å². The average Bonchev–Trinajstić information content (AvgIpc) is 3.31. The largest absolute Gasteiger partial charge is 0.446 e. The Kier molecular flexibility index (Phi) is 10.1. The fourth-order valence-electron chi connectivity index (χ4n) is 4.38. The lowest BCUT2D eigenvalue weighted by molar-refractivity contribution is -0.131. The number of anilines is 1. The SMILES string of the molecule is C[C@@H]1CCN(C(=O)CC#N)C[C@@H]1N(C)c1ncnc2c1ccn2C(=O)OCCOCCNC(=O)OC(C)(C)C. The molecule has 0 saturated carbocycles. The molecule has 1 fully saturated rings. The van der Waals surface area contributed by atoms with Gasteiger partial charge in [-0.15, -0.1) is 0 Å². The lowest BCUT2D eigenvalue weighted by Gasteiger charge is -2.42. The van der Waals surface area contributed by atoms with Crippen molar-refractivity contribution in [2.24, 2.45) is 5.92 Å². The second-order valence-corrected chi connectivity index (χ2v) is 10.4. The average molecular weight is 544 g/mol. The Bertz CT molecular complexity index is 1200. The van der Waals surface area contributed by atoms with Gasteiger partial charge in [-0.2, -0.15) is 5.26 Å². The van der Waals surface area contributed by atoms with Crippen molar-refractivity contribution >= 4 is 34.9 Å². The quantitative estimate of drug-likeness (QED) is 0.467. The minimum Gasteiger partial charge on any atom is -0.446 e. The van der Waals surface area contributed by atoms with E-state index in [0.717, 1.165) is 6.42 Å². The van der Waals surface area contributed by atoms with E-state index in [-0.39, 0.29) is 50.7 Å². The zero-order valence-electron chi connectivity index (χ0n) is 23.2. The van der Waals surface area contributed by atoms with Gasteiger partial charge in [-0.05, 0) is 39.2 Å². The first-order valence-corrected chi connectivity index (χ1v) is 12.9. The summed E-state index contributed by atoms with van der Waals surface area (Å²) in [7, 11) is 1.91. The molecule has 2 aromatic rings. The van der Waals surface area contributed by atoms with Gasteiger partial charge >= 0.3 is 12.2 Å². The number of carbonyl (C=O) groups is 3. The molecule has 3 rings (SSSR count). The number of fused-ring (bicyclic) bond motifs is 1. The first-order chi connectivity index (χ1) is 18.5. The van der Waals surface area contributed by atoms with E-state index in [4.69, 9.17) is 19.5 Å². The smallest absolute Gasteiger partial charge is 0.419 e. The van der Waals surface area contributed by atoms with E-state index in [9.17, 15) is 14.4 Å². The van der Waals surface area contributed by atoms with Crippen LogP contribution in [0.15, 0.2) is 18.6 Å². The van der Waals surface area contributed by atoms with Crippen molar-refractivity contribution in [3.63, 3.8) is 0 Å². The summed E-state index contributed by atoms with van der Waals surface area (Å²) in [6, 6.07) is 3.67. The van der Waals surface area contributed by atoms with E-state index >= 15 is 0 Å². The monoisotopic (exact) mass is 543 g/mol. The van der Waals surface area contributed by atoms with Crippen LogP contribution in [-0.2, 0) is 19.0 Å². The Hall–Kier alpha value is -3.92. The molecular formula is C26H37N7O6. The maximum absolute atomic E-state index is 12.7. The summed E-state index contributed by atoms with van der Waals surface area (Å²) in [5, 5.41) is 12.2. The normalized spacial score (nSPS) is 17.4. The molecule has 1 N–H and O–H groups in total. The lowest BCUT2D eigenvalue weighted by Crippen LogP contribution is -2.52. The number of nitrogens with one attached hydrogen (secondary N) is 1. The second-order valence-electron chi connectivity index (χ2n) is 10.4. The molecule has 39 heavy (non-hydrogen) atoms. The predicted molar refractivity (Wildman–Crippen MR) is 142 cm³/mol. The first-order valence-electron chi connectivity index (χ1n) is 12.9. The fourth-order valence-corrected chi connectivity index (χ4v) is 4.38. The van der Waals surface area contributed by atoms with Gasteiger partial charge in [-0.3, -0.25) is 4.79 Å². The topological polar surface area (TPSA) is 152 Å². The number of likely N-dealkylation sites (N-methyl/N-ethyl adjacent to an activating group) is 1. The number of nitrogens with zero attached hydrogens (tertiary/aromatic N) is 6. The van der Waals surface area contributed by atoms with Gasteiger partial charge in [0.2, 0.25) is 5.91 Å². The molecule has 2 aromatic heterocycles. The van der Waals surface area contributed by atoms with E-state index in [0.29, 0.717) is 29.9 Å². The number of hydrogen-bond acceptors (Lipinski definition) is 10. The number of aromatic nitrogens is 3. The zero-order valence-corrected chi connectivity index (χ0v) is 23.2. The fraction of sp³-hybridized carbons (Fsp3) is 0.615. The van der Waals surface area contributed by atoms with Crippen molar-refractivity contribution in [3.05, 3.63) is 18.6 Å². The number of carbonyl (C=O) groups excluding carboxylic acids is 3. The van der Waals surface area contributed by atoms with E-state index in [1.54, 1.807) is 37.9 Å². The molecule has 0 aromatic carbocycles. The van der Waals surface area contributed by atoms with Gasteiger partial charge in [0.25, 0.3) is 0 Å². The highest BCUT2D eigenvalue weighted by atomic mass is 16.6. The van der Waals surface area contributed by atoms with Gasteiger partial charge in [0, 0.05) is 32.9 Å². The molecule has 0 spiro atoms. The van der Waals surface area contributed by atoms with E-state index in [1.807, 2.05) is 18.0 Å².